The van der Waals surface area contributed by atoms with Gasteiger partial charge in [-0.15, -0.1) is 0 Å². The molecule has 0 aliphatic rings. The van der Waals surface area contributed by atoms with Crippen molar-refractivity contribution in [1.29, 1.82) is 0 Å². The molecule has 10 heavy (non-hydrogen) atoms. The van der Waals surface area contributed by atoms with Crippen LogP contribution in [0.4, 0.5) is 4.79 Å². The zero-order chi connectivity index (χ0) is 7.98. The first-order valence-electron chi connectivity index (χ1n) is 3.14. The average molecular weight is 144 g/mol. The molecule has 0 bridgehead atoms. The summed E-state index contributed by atoms with van der Waals surface area (Å²) in [5.41, 5.74) is 1.14. The van der Waals surface area contributed by atoms with Gasteiger partial charge in [-0.1, -0.05) is 11.6 Å². The van der Waals surface area contributed by atoms with E-state index < -0.39 is 6.16 Å². The fourth-order valence-electron chi connectivity index (χ4n) is 0.444. The van der Waals surface area contributed by atoms with E-state index in [2.05, 4.69) is 4.74 Å². The van der Waals surface area contributed by atoms with E-state index in [9.17, 15) is 4.79 Å². The topological polar surface area (TPSA) is 46.5 Å². The number of carbonyl (C=O) groups is 1. The molecule has 0 saturated heterocycles. The Morgan fingerprint density at radius 1 is 1.70 bits per heavy atom. The van der Waals surface area contributed by atoms with Gasteiger partial charge in [0.25, 0.3) is 0 Å². The van der Waals surface area contributed by atoms with Crippen LogP contribution in [0.1, 0.15) is 20.3 Å². The van der Waals surface area contributed by atoms with Crippen molar-refractivity contribution in [1.82, 2.24) is 0 Å². The third kappa shape index (κ3) is 5.15. The molecule has 0 aromatic heterocycles. The molecule has 0 aromatic rings. The molecule has 0 aromatic carbocycles. The Bertz CT molecular complexity index is 138. The fraction of sp³-hybridized carbons (Fsp3) is 0.571. The lowest BCUT2D eigenvalue weighted by atomic mass is 10.2. The van der Waals surface area contributed by atoms with Crippen LogP contribution in [-0.4, -0.2) is 17.9 Å². The van der Waals surface area contributed by atoms with Crippen LogP contribution in [0.2, 0.25) is 0 Å². The number of rotatable bonds is 3. The SMILES string of the molecule is C/C=C(\C)CCOC(=O)O. The lowest BCUT2D eigenvalue weighted by Crippen LogP contribution is -2.01. The molecule has 0 saturated carbocycles. The summed E-state index contributed by atoms with van der Waals surface area (Å²) < 4.78 is 4.29. The molecule has 1 N–H and O–H groups in total. The zero-order valence-electron chi connectivity index (χ0n) is 6.26. The summed E-state index contributed by atoms with van der Waals surface area (Å²) in [6, 6.07) is 0. The third-order valence-electron chi connectivity index (χ3n) is 1.21. The predicted octanol–water partition coefficient (Wildman–Crippen LogP) is 2.04. The van der Waals surface area contributed by atoms with E-state index in [1.54, 1.807) is 0 Å². The quantitative estimate of drug-likeness (QED) is 0.487. The van der Waals surface area contributed by atoms with Gasteiger partial charge in [0, 0.05) is 6.42 Å². The van der Waals surface area contributed by atoms with Crippen molar-refractivity contribution < 1.29 is 14.6 Å². The molecule has 0 heterocycles. The Morgan fingerprint density at radius 3 is 2.70 bits per heavy atom. The molecule has 0 unspecified atom stereocenters. The van der Waals surface area contributed by atoms with Crippen LogP contribution >= 0.6 is 0 Å². The van der Waals surface area contributed by atoms with Gasteiger partial charge in [0.15, 0.2) is 0 Å². The molecular weight excluding hydrogens is 132 g/mol. The highest BCUT2D eigenvalue weighted by Gasteiger charge is 1.94. The summed E-state index contributed by atoms with van der Waals surface area (Å²) in [4.78, 5) is 9.83. The first-order chi connectivity index (χ1) is 4.66. The van der Waals surface area contributed by atoms with Crippen LogP contribution in [0.3, 0.4) is 0 Å². The lowest BCUT2D eigenvalue weighted by Gasteiger charge is -1.98. The minimum absolute atomic E-state index is 0.255. The first kappa shape index (κ1) is 9.01. The van der Waals surface area contributed by atoms with Crippen LogP contribution in [0.25, 0.3) is 0 Å². The van der Waals surface area contributed by atoms with E-state index in [4.69, 9.17) is 5.11 Å². The Morgan fingerprint density at radius 2 is 2.30 bits per heavy atom. The van der Waals surface area contributed by atoms with Gasteiger partial charge < -0.3 is 9.84 Å². The molecule has 0 aliphatic heterocycles. The van der Waals surface area contributed by atoms with Crippen LogP contribution in [-0.2, 0) is 4.74 Å². The molecule has 0 rings (SSSR count). The van der Waals surface area contributed by atoms with Gasteiger partial charge in [-0.3, -0.25) is 0 Å². The van der Waals surface area contributed by atoms with Gasteiger partial charge in [-0.2, -0.15) is 0 Å². The highest BCUT2D eigenvalue weighted by atomic mass is 16.7. The molecule has 0 fully saturated rings. The second-order valence-corrected chi connectivity index (χ2v) is 2.00. The normalized spacial score (nSPS) is 11.2. The average Bonchev–Trinajstić information content (AvgIpc) is 1.87. The zero-order valence-corrected chi connectivity index (χ0v) is 6.26. The number of hydrogen-bond donors (Lipinski definition) is 1. The number of ether oxygens (including phenoxy) is 1. The summed E-state index contributed by atoms with van der Waals surface area (Å²) in [5, 5.41) is 8.06. The van der Waals surface area contributed by atoms with Crippen molar-refractivity contribution in [3.63, 3.8) is 0 Å². The van der Waals surface area contributed by atoms with Gasteiger partial charge in [0.1, 0.15) is 0 Å². The maximum atomic E-state index is 9.83. The molecule has 3 heteroatoms. The van der Waals surface area contributed by atoms with E-state index >= 15 is 0 Å². The van der Waals surface area contributed by atoms with Crippen LogP contribution in [0.15, 0.2) is 11.6 Å². The van der Waals surface area contributed by atoms with Gasteiger partial charge in [0.2, 0.25) is 0 Å². The van der Waals surface area contributed by atoms with E-state index in [1.807, 2.05) is 19.9 Å². The van der Waals surface area contributed by atoms with Crippen molar-refractivity contribution in [2.24, 2.45) is 0 Å². The first-order valence-corrected chi connectivity index (χ1v) is 3.14. The van der Waals surface area contributed by atoms with E-state index in [0.717, 1.165) is 5.57 Å². The summed E-state index contributed by atoms with van der Waals surface area (Å²) in [6.07, 6.45) is 1.41. The molecule has 0 aliphatic carbocycles. The Labute approximate surface area is 60.3 Å². The van der Waals surface area contributed by atoms with Crippen molar-refractivity contribution >= 4 is 6.16 Å². The highest BCUT2D eigenvalue weighted by molar-refractivity contribution is 5.56. The highest BCUT2D eigenvalue weighted by Crippen LogP contribution is 1.98. The van der Waals surface area contributed by atoms with Gasteiger partial charge in [-0.25, -0.2) is 4.79 Å². The lowest BCUT2D eigenvalue weighted by molar-refractivity contribution is 0.0927. The monoisotopic (exact) mass is 144 g/mol. The van der Waals surface area contributed by atoms with Crippen molar-refractivity contribution in [3.05, 3.63) is 11.6 Å². The summed E-state index contributed by atoms with van der Waals surface area (Å²) in [6.45, 7) is 4.10. The van der Waals surface area contributed by atoms with Crippen molar-refractivity contribution in [2.45, 2.75) is 20.3 Å². The van der Waals surface area contributed by atoms with E-state index in [-0.39, 0.29) is 6.61 Å². The molecule has 0 spiro atoms. The van der Waals surface area contributed by atoms with E-state index in [1.165, 1.54) is 0 Å². The molecule has 58 valence electrons. The Balaban J connectivity index is 3.29. The molecule has 3 nitrogen and oxygen atoms in total. The van der Waals surface area contributed by atoms with Crippen molar-refractivity contribution in [3.8, 4) is 0 Å². The van der Waals surface area contributed by atoms with Crippen LogP contribution in [0, 0.1) is 0 Å². The standard InChI is InChI=1S/C7H12O3/c1-3-6(2)4-5-10-7(8)9/h3H,4-5H2,1-2H3,(H,8,9)/b6-3+. The minimum atomic E-state index is -1.20. The number of carboxylic acid groups (broad SMARTS) is 1. The molecular formula is C7H12O3. The van der Waals surface area contributed by atoms with Crippen LogP contribution in [0.5, 0.6) is 0 Å². The predicted molar refractivity (Wildman–Crippen MR) is 38.0 cm³/mol. The maximum Gasteiger partial charge on any atom is 0.505 e. The third-order valence-corrected chi connectivity index (χ3v) is 1.21. The fourth-order valence-corrected chi connectivity index (χ4v) is 0.444. The van der Waals surface area contributed by atoms with Gasteiger partial charge >= 0.3 is 6.16 Å². The smallest absolute Gasteiger partial charge is 0.450 e. The second kappa shape index (κ2) is 4.85. The van der Waals surface area contributed by atoms with Crippen molar-refractivity contribution in [2.75, 3.05) is 6.61 Å². The summed E-state index contributed by atoms with van der Waals surface area (Å²) >= 11 is 0. The maximum absolute atomic E-state index is 9.83. The van der Waals surface area contributed by atoms with Gasteiger partial charge in [0.05, 0.1) is 6.61 Å². The minimum Gasteiger partial charge on any atom is -0.450 e. The number of hydrogen-bond acceptors (Lipinski definition) is 2. The Kier molecular flexibility index (Phi) is 4.37. The molecule has 0 atom stereocenters. The largest absolute Gasteiger partial charge is 0.505 e. The molecule has 0 radical (unpaired) electrons. The Hall–Kier alpha value is -0.990. The van der Waals surface area contributed by atoms with Gasteiger partial charge in [-0.05, 0) is 13.8 Å². The summed E-state index contributed by atoms with van der Waals surface area (Å²) in [5.74, 6) is 0. The molecule has 0 amide bonds. The van der Waals surface area contributed by atoms with Crippen LogP contribution < -0.4 is 0 Å². The number of allylic oxidation sites excluding steroid dienone is 1. The summed E-state index contributed by atoms with van der Waals surface area (Å²) in [7, 11) is 0. The van der Waals surface area contributed by atoms with E-state index in [0.29, 0.717) is 6.42 Å². The second-order valence-electron chi connectivity index (χ2n) is 2.00.